The third-order valence-corrected chi connectivity index (χ3v) is 14.5. The molecule has 2 aromatic heterocycles. The normalized spacial score (nSPS) is 11.8. The van der Waals surface area contributed by atoms with Crippen molar-refractivity contribution in [3.8, 4) is 56.3 Å². The van der Waals surface area contributed by atoms with Crippen molar-refractivity contribution >= 4 is 45.1 Å². The van der Waals surface area contributed by atoms with Crippen molar-refractivity contribution in [1.82, 2.24) is 15.0 Å². The summed E-state index contributed by atoms with van der Waals surface area (Å²) in [6, 6.07) is 74.6. The van der Waals surface area contributed by atoms with E-state index >= 15 is 0 Å². The van der Waals surface area contributed by atoms with E-state index in [2.05, 4.69) is 121 Å². The number of pyridine rings is 1. The van der Waals surface area contributed by atoms with Crippen LogP contribution in [0, 0.1) is 0 Å². The summed E-state index contributed by atoms with van der Waals surface area (Å²) in [4.78, 5) is 28.1. The molecule has 0 radical (unpaired) electrons. The Kier molecular flexibility index (Phi) is 9.20. The number of para-hydroxylation sites is 1. The molecule has 0 unspecified atom stereocenters. The van der Waals surface area contributed by atoms with Gasteiger partial charge < -0.3 is 0 Å². The SMILES string of the molecule is O[PH](c1ccccc1)(c1ccccc1)c1ccc(-c2cc(-c3cccc(-c4cccc5c(-c6ccccc6)nc6ccccc6c45)c3)nc(-c3ccccc3)n2)cc1. The molecule has 1 N–H and O–H groups in total. The molecular weight excluding hydrogens is 726 g/mol. The van der Waals surface area contributed by atoms with Gasteiger partial charge in [0.1, 0.15) is 0 Å². The average Bonchev–Trinajstić information content (AvgIpc) is 3.32. The van der Waals surface area contributed by atoms with Crippen LogP contribution < -0.4 is 15.9 Å². The summed E-state index contributed by atoms with van der Waals surface area (Å²) < 4.78 is 0. The first-order valence-corrected chi connectivity index (χ1v) is 21.4. The number of benzene rings is 8. The molecule has 10 rings (SSSR count). The Morgan fingerprint density at radius 2 is 0.845 bits per heavy atom. The molecule has 0 spiro atoms. The van der Waals surface area contributed by atoms with Crippen LogP contribution in [0.2, 0.25) is 0 Å². The van der Waals surface area contributed by atoms with E-state index in [4.69, 9.17) is 15.0 Å². The van der Waals surface area contributed by atoms with Gasteiger partial charge in [-0.25, -0.2) is 4.98 Å². The Bertz CT molecular complexity index is 3010. The summed E-state index contributed by atoms with van der Waals surface area (Å²) in [7, 11) is -3.26. The van der Waals surface area contributed by atoms with Crippen molar-refractivity contribution in [2.24, 2.45) is 0 Å². The topological polar surface area (TPSA) is 58.9 Å². The molecule has 2 heterocycles. The molecule has 276 valence electrons. The second-order valence-corrected chi connectivity index (χ2v) is 17.7. The van der Waals surface area contributed by atoms with Crippen molar-refractivity contribution in [1.29, 1.82) is 0 Å². The van der Waals surface area contributed by atoms with Gasteiger partial charge in [0.25, 0.3) is 0 Å². The van der Waals surface area contributed by atoms with Gasteiger partial charge in [-0.05, 0) is 6.07 Å². The Balaban J connectivity index is 1.10. The molecule has 0 aliphatic rings. The standard InChI is InChI=1S/C53H38N3OP/c57-58(42-23-9-3-10-24-42,43-25-11-4-12-26-43)44-33-31-37(32-34-44)49-36-50(56-53(55-49)39-19-7-2-8-20-39)41-22-15-21-40(35-41)45-28-16-29-47-51(45)46-27-13-14-30-48(46)54-52(47)38-17-5-1-6-18-38/h1-36,57-58H. The summed E-state index contributed by atoms with van der Waals surface area (Å²) in [5.41, 5.74) is 9.76. The Labute approximate surface area is 338 Å². The van der Waals surface area contributed by atoms with Crippen molar-refractivity contribution in [3.05, 3.63) is 218 Å². The van der Waals surface area contributed by atoms with Gasteiger partial charge in [-0.3, -0.25) is 0 Å². The van der Waals surface area contributed by atoms with E-state index in [1.54, 1.807) is 0 Å². The van der Waals surface area contributed by atoms with Crippen LogP contribution in [-0.2, 0) is 0 Å². The van der Waals surface area contributed by atoms with E-state index in [9.17, 15) is 4.89 Å². The zero-order valence-electron chi connectivity index (χ0n) is 31.6. The number of aromatic nitrogens is 3. The zero-order valence-corrected chi connectivity index (χ0v) is 32.6. The molecule has 0 saturated carbocycles. The van der Waals surface area contributed by atoms with E-state index in [1.165, 1.54) is 5.39 Å². The van der Waals surface area contributed by atoms with E-state index in [0.717, 1.165) is 82.7 Å². The van der Waals surface area contributed by atoms with Gasteiger partial charge in [-0.1, -0.05) is 60.7 Å². The number of hydrogen-bond acceptors (Lipinski definition) is 4. The van der Waals surface area contributed by atoms with Crippen LogP contribution in [0.3, 0.4) is 0 Å². The van der Waals surface area contributed by atoms with Crippen molar-refractivity contribution < 1.29 is 4.89 Å². The molecular formula is C53H38N3OP. The summed E-state index contributed by atoms with van der Waals surface area (Å²) in [6.07, 6.45) is 0. The van der Waals surface area contributed by atoms with E-state index < -0.39 is 7.49 Å². The molecule has 0 saturated heterocycles. The summed E-state index contributed by atoms with van der Waals surface area (Å²) >= 11 is 0. The fourth-order valence-electron chi connectivity index (χ4n) is 8.11. The molecule has 10 aromatic rings. The van der Waals surface area contributed by atoms with Gasteiger partial charge in [0.2, 0.25) is 0 Å². The van der Waals surface area contributed by atoms with Crippen LogP contribution >= 0.6 is 7.49 Å². The van der Waals surface area contributed by atoms with Crippen LogP contribution in [0.1, 0.15) is 0 Å². The first-order valence-electron chi connectivity index (χ1n) is 19.5. The maximum absolute atomic E-state index is 12.6. The van der Waals surface area contributed by atoms with E-state index in [1.807, 2.05) is 97.1 Å². The van der Waals surface area contributed by atoms with Crippen molar-refractivity contribution in [2.45, 2.75) is 0 Å². The Morgan fingerprint density at radius 3 is 1.52 bits per heavy atom. The molecule has 5 heteroatoms. The Morgan fingerprint density at radius 1 is 0.345 bits per heavy atom. The van der Waals surface area contributed by atoms with Gasteiger partial charge in [-0.15, -0.1) is 0 Å². The first kappa shape index (κ1) is 35.3. The van der Waals surface area contributed by atoms with Gasteiger partial charge >= 0.3 is 240 Å². The summed E-state index contributed by atoms with van der Waals surface area (Å²) in [5, 5.41) is 6.19. The van der Waals surface area contributed by atoms with Crippen LogP contribution in [0.5, 0.6) is 0 Å². The predicted molar refractivity (Wildman–Crippen MR) is 244 cm³/mol. The molecule has 58 heavy (non-hydrogen) atoms. The third kappa shape index (κ3) is 6.45. The van der Waals surface area contributed by atoms with Crippen molar-refractivity contribution in [2.75, 3.05) is 0 Å². The molecule has 8 aromatic carbocycles. The maximum atomic E-state index is 12.6. The first-order chi connectivity index (χ1) is 28.6. The van der Waals surface area contributed by atoms with Gasteiger partial charge in [0.05, 0.1) is 11.2 Å². The van der Waals surface area contributed by atoms with Crippen LogP contribution in [0.25, 0.3) is 78.0 Å². The molecule has 4 nitrogen and oxygen atoms in total. The minimum absolute atomic E-state index is 0.650. The molecule has 0 aliphatic carbocycles. The van der Waals surface area contributed by atoms with E-state index in [-0.39, 0.29) is 0 Å². The second kappa shape index (κ2) is 15.1. The monoisotopic (exact) mass is 763 g/mol. The van der Waals surface area contributed by atoms with Crippen molar-refractivity contribution in [3.63, 3.8) is 0 Å². The number of hydrogen-bond donors (Lipinski definition) is 1. The van der Waals surface area contributed by atoms with Gasteiger partial charge in [0.15, 0.2) is 0 Å². The van der Waals surface area contributed by atoms with Gasteiger partial charge in [-0.2, -0.15) is 0 Å². The van der Waals surface area contributed by atoms with Crippen LogP contribution in [0.15, 0.2) is 218 Å². The number of rotatable bonds is 8. The fraction of sp³-hybridized carbons (Fsp3) is 0. The average molecular weight is 764 g/mol. The second-order valence-electron chi connectivity index (χ2n) is 14.5. The Hall–Kier alpha value is -7.10. The minimum atomic E-state index is -3.26. The molecule has 0 bridgehead atoms. The molecule has 0 aliphatic heterocycles. The number of nitrogens with zero attached hydrogens (tertiary/aromatic N) is 3. The van der Waals surface area contributed by atoms with E-state index in [0.29, 0.717) is 5.82 Å². The fourth-order valence-corrected chi connectivity index (χ4v) is 11.1. The third-order valence-electron chi connectivity index (χ3n) is 11.0. The van der Waals surface area contributed by atoms with Crippen LogP contribution in [-0.4, -0.2) is 19.8 Å². The zero-order chi connectivity index (χ0) is 38.9. The predicted octanol–water partition coefficient (Wildman–Crippen LogP) is 11.4. The summed E-state index contributed by atoms with van der Waals surface area (Å²) in [6.45, 7) is 0. The molecule has 0 fully saturated rings. The van der Waals surface area contributed by atoms with Crippen LogP contribution in [0.4, 0.5) is 0 Å². The van der Waals surface area contributed by atoms with Gasteiger partial charge in [0, 0.05) is 16.3 Å². The molecule has 0 amide bonds. The quantitative estimate of drug-likeness (QED) is 0.124. The number of fused-ring (bicyclic) bond motifs is 3. The summed E-state index contributed by atoms with van der Waals surface area (Å²) in [5.74, 6) is 0.650. The molecule has 0 atom stereocenters.